The van der Waals surface area contributed by atoms with Gasteiger partial charge in [-0.3, -0.25) is 4.79 Å². The maximum Gasteiger partial charge on any atom is 0.223 e. The Balaban J connectivity index is 4.24. The summed E-state index contributed by atoms with van der Waals surface area (Å²) in [6, 6.07) is 0. The monoisotopic (exact) mass is 177 g/mol. The second kappa shape index (κ2) is 4.34. The molecule has 0 heterocycles. The van der Waals surface area contributed by atoms with Gasteiger partial charge in [0.25, 0.3) is 0 Å². The van der Waals surface area contributed by atoms with Gasteiger partial charge in [-0.1, -0.05) is 6.92 Å². The summed E-state index contributed by atoms with van der Waals surface area (Å²) in [6.45, 7) is 1.64. The van der Waals surface area contributed by atoms with Crippen molar-refractivity contribution >= 4 is 23.8 Å². The minimum absolute atomic E-state index is 0.148. The lowest BCUT2D eigenvalue weighted by Gasteiger charge is -2.21. The molecule has 0 saturated heterocycles. The van der Waals surface area contributed by atoms with Crippen molar-refractivity contribution in [3.63, 3.8) is 0 Å². The fourth-order valence-electron chi connectivity index (χ4n) is 0.718. The summed E-state index contributed by atoms with van der Waals surface area (Å²) in [5.74, 6) is -0.127. The number of primary amides is 1. The molecule has 0 aliphatic rings. The second-order valence-corrected chi connectivity index (χ2v) is 3.11. The normalized spacial score (nSPS) is 15.5. The van der Waals surface area contributed by atoms with E-state index < -0.39 is 11.3 Å². The van der Waals surface area contributed by atoms with Crippen LogP contribution in [0.2, 0.25) is 0 Å². The Kier molecular flexibility index (Phi) is 4.11. The minimum Gasteiger partial charge on any atom is -0.369 e. The van der Waals surface area contributed by atoms with Gasteiger partial charge in [-0.15, -0.1) is 11.6 Å². The van der Waals surface area contributed by atoms with E-state index in [1.165, 1.54) is 0 Å². The largest absolute Gasteiger partial charge is 0.369 e. The molecule has 0 aromatic carbocycles. The van der Waals surface area contributed by atoms with Crippen molar-refractivity contribution < 1.29 is 9.59 Å². The molecule has 1 atom stereocenters. The molecule has 1 amide bonds. The van der Waals surface area contributed by atoms with Crippen molar-refractivity contribution in [1.82, 2.24) is 0 Å². The minimum atomic E-state index is -0.760. The van der Waals surface area contributed by atoms with Crippen LogP contribution in [0.4, 0.5) is 0 Å². The number of amides is 1. The van der Waals surface area contributed by atoms with Gasteiger partial charge in [0.15, 0.2) is 0 Å². The molecule has 64 valence electrons. The fourth-order valence-corrected chi connectivity index (χ4v) is 1.14. The van der Waals surface area contributed by atoms with Crippen LogP contribution in [0.25, 0.3) is 0 Å². The van der Waals surface area contributed by atoms with E-state index in [4.69, 9.17) is 17.3 Å². The molecule has 1 unspecified atom stereocenters. The fraction of sp³-hybridized carbons (Fsp3) is 0.714. The van der Waals surface area contributed by atoms with Gasteiger partial charge in [0.1, 0.15) is 6.29 Å². The lowest BCUT2D eigenvalue weighted by molar-refractivity contribution is -0.129. The molecule has 3 nitrogen and oxygen atoms in total. The molecule has 0 aromatic rings. The van der Waals surface area contributed by atoms with Gasteiger partial charge in [-0.25, -0.2) is 0 Å². The summed E-state index contributed by atoms with van der Waals surface area (Å²) < 4.78 is 0. The zero-order valence-electron chi connectivity index (χ0n) is 6.47. The van der Waals surface area contributed by atoms with Crippen LogP contribution in [0.3, 0.4) is 0 Å². The Bertz CT molecular complexity index is 161. The second-order valence-electron chi connectivity index (χ2n) is 2.73. The van der Waals surface area contributed by atoms with Crippen LogP contribution in [0.1, 0.15) is 19.8 Å². The predicted octanol–water partition coefficient (Wildman–Crippen LogP) is 0.696. The maximum atomic E-state index is 10.8. The Morgan fingerprint density at radius 1 is 1.73 bits per heavy atom. The molecule has 2 N–H and O–H groups in total. The van der Waals surface area contributed by atoms with Crippen LogP contribution in [-0.2, 0) is 9.59 Å². The summed E-state index contributed by atoms with van der Waals surface area (Å²) >= 11 is 5.44. The summed E-state index contributed by atoms with van der Waals surface area (Å²) in [5.41, 5.74) is 4.33. The number of alkyl halides is 1. The van der Waals surface area contributed by atoms with Crippen LogP contribution >= 0.6 is 11.6 Å². The van der Waals surface area contributed by atoms with Crippen molar-refractivity contribution in [1.29, 1.82) is 0 Å². The Labute approximate surface area is 70.9 Å². The molecule has 0 rings (SSSR count). The molecular formula is C7H12ClNO2. The van der Waals surface area contributed by atoms with Crippen molar-refractivity contribution in [3.8, 4) is 0 Å². The summed E-state index contributed by atoms with van der Waals surface area (Å²) in [7, 11) is 0. The SMILES string of the molecule is CC(CC=O)(CCCl)C(N)=O. The maximum absolute atomic E-state index is 10.8. The molecule has 0 aliphatic heterocycles. The zero-order chi connectivity index (χ0) is 8.91. The first kappa shape index (κ1) is 10.4. The van der Waals surface area contributed by atoms with Gasteiger partial charge in [0.2, 0.25) is 5.91 Å². The molecule has 0 aliphatic carbocycles. The van der Waals surface area contributed by atoms with Crippen molar-refractivity contribution in [2.75, 3.05) is 5.88 Å². The third kappa shape index (κ3) is 2.89. The van der Waals surface area contributed by atoms with E-state index in [9.17, 15) is 9.59 Å². The quantitative estimate of drug-likeness (QED) is 0.496. The average Bonchev–Trinajstić information content (AvgIpc) is 1.88. The van der Waals surface area contributed by atoms with Crippen LogP contribution in [0, 0.1) is 5.41 Å². The number of carbonyl (C=O) groups excluding carboxylic acids is 2. The molecule has 0 fully saturated rings. The molecule has 0 spiro atoms. The van der Waals surface area contributed by atoms with Crippen LogP contribution < -0.4 is 5.73 Å². The highest BCUT2D eigenvalue weighted by Gasteiger charge is 2.29. The molecule has 4 heteroatoms. The highest BCUT2D eigenvalue weighted by molar-refractivity contribution is 6.18. The summed E-state index contributed by atoms with van der Waals surface area (Å²) in [4.78, 5) is 21.0. The number of hydrogen-bond acceptors (Lipinski definition) is 2. The number of halogens is 1. The Morgan fingerprint density at radius 3 is 2.55 bits per heavy atom. The lowest BCUT2D eigenvalue weighted by atomic mass is 9.84. The predicted molar refractivity (Wildman–Crippen MR) is 43.3 cm³/mol. The number of hydrogen-bond donors (Lipinski definition) is 1. The van der Waals surface area contributed by atoms with E-state index in [0.29, 0.717) is 18.6 Å². The number of aldehydes is 1. The first-order chi connectivity index (χ1) is 5.06. The standard InChI is InChI=1S/C7H12ClNO2/c1-7(2-4-8,3-5-10)6(9)11/h5H,2-4H2,1H3,(H2,9,11). The summed E-state index contributed by atoms with van der Waals surface area (Å²) in [5, 5.41) is 0. The van der Waals surface area contributed by atoms with E-state index in [1.807, 2.05) is 0 Å². The van der Waals surface area contributed by atoms with Gasteiger partial charge in [-0.2, -0.15) is 0 Å². The van der Waals surface area contributed by atoms with Gasteiger partial charge < -0.3 is 10.5 Å². The van der Waals surface area contributed by atoms with Crippen molar-refractivity contribution in [3.05, 3.63) is 0 Å². The van der Waals surface area contributed by atoms with Crippen molar-refractivity contribution in [2.24, 2.45) is 11.1 Å². The van der Waals surface area contributed by atoms with Crippen LogP contribution in [0.15, 0.2) is 0 Å². The van der Waals surface area contributed by atoms with Gasteiger partial charge in [-0.05, 0) is 6.42 Å². The van der Waals surface area contributed by atoms with Crippen LogP contribution in [-0.4, -0.2) is 18.1 Å². The Hall–Kier alpha value is -0.570. The van der Waals surface area contributed by atoms with E-state index in [2.05, 4.69) is 0 Å². The highest BCUT2D eigenvalue weighted by Crippen LogP contribution is 2.24. The molecule has 0 saturated carbocycles. The smallest absolute Gasteiger partial charge is 0.223 e. The number of nitrogens with two attached hydrogens (primary N) is 1. The third-order valence-electron chi connectivity index (χ3n) is 1.77. The molecule has 0 bridgehead atoms. The Morgan fingerprint density at radius 2 is 2.27 bits per heavy atom. The van der Waals surface area contributed by atoms with E-state index in [1.54, 1.807) is 6.92 Å². The lowest BCUT2D eigenvalue weighted by Crippen LogP contribution is -2.35. The average molecular weight is 178 g/mol. The highest BCUT2D eigenvalue weighted by atomic mass is 35.5. The van der Waals surface area contributed by atoms with Gasteiger partial charge in [0, 0.05) is 12.3 Å². The van der Waals surface area contributed by atoms with E-state index in [0.717, 1.165) is 0 Å². The van der Waals surface area contributed by atoms with Crippen molar-refractivity contribution in [2.45, 2.75) is 19.8 Å². The third-order valence-corrected chi connectivity index (χ3v) is 1.96. The zero-order valence-corrected chi connectivity index (χ0v) is 7.23. The summed E-state index contributed by atoms with van der Waals surface area (Å²) in [6.07, 6.45) is 1.29. The van der Waals surface area contributed by atoms with Gasteiger partial charge >= 0.3 is 0 Å². The van der Waals surface area contributed by atoms with E-state index >= 15 is 0 Å². The first-order valence-corrected chi connectivity index (χ1v) is 3.90. The number of carbonyl (C=O) groups is 2. The molecule has 11 heavy (non-hydrogen) atoms. The molecular weight excluding hydrogens is 166 g/mol. The van der Waals surface area contributed by atoms with Crippen LogP contribution in [0.5, 0.6) is 0 Å². The van der Waals surface area contributed by atoms with Gasteiger partial charge in [0.05, 0.1) is 5.41 Å². The molecule has 0 radical (unpaired) electrons. The number of rotatable bonds is 5. The topological polar surface area (TPSA) is 60.2 Å². The first-order valence-electron chi connectivity index (χ1n) is 3.36. The van der Waals surface area contributed by atoms with E-state index in [-0.39, 0.29) is 6.42 Å². The molecule has 0 aromatic heterocycles.